The zero-order valence-corrected chi connectivity index (χ0v) is 17.6. The van der Waals surface area contributed by atoms with E-state index in [0.717, 1.165) is 28.2 Å². The Labute approximate surface area is 178 Å². The number of halogens is 3. The molecule has 1 N–H and O–H groups in total. The summed E-state index contributed by atoms with van der Waals surface area (Å²) in [6.45, 7) is 3.93. The molecule has 0 saturated carbocycles. The van der Waals surface area contributed by atoms with Crippen molar-refractivity contribution in [3.63, 3.8) is 0 Å². The van der Waals surface area contributed by atoms with Crippen LogP contribution in [0, 0.1) is 13.8 Å². The second-order valence-electron chi connectivity index (χ2n) is 6.35. The first-order chi connectivity index (χ1) is 13.3. The van der Waals surface area contributed by atoms with Crippen molar-refractivity contribution >= 4 is 46.9 Å². The van der Waals surface area contributed by atoms with E-state index < -0.39 is 0 Å². The number of hydrogen-bond acceptors (Lipinski definition) is 2. The number of rotatable bonds is 5. The second kappa shape index (κ2) is 8.82. The summed E-state index contributed by atoms with van der Waals surface area (Å²) in [6, 6.07) is 14.4. The van der Waals surface area contributed by atoms with Crippen LogP contribution in [0.3, 0.4) is 0 Å². The molecule has 0 saturated heterocycles. The quantitative estimate of drug-likeness (QED) is 0.403. The number of benzene rings is 2. The summed E-state index contributed by atoms with van der Waals surface area (Å²) in [7, 11) is 0. The molecule has 0 bridgehead atoms. The average molecular weight is 435 g/mol. The highest BCUT2D eigenvalue weighted by molar-refractivity contribution is 6.34. The highest BCUT2D eigenvalue weighted by atomic mass is 35.5. The minimum atomic E-state index is -0.203. The zero-order valence-electron chi connectivity index (χ0n) is 15.3. The van der Waals surface area contributed by atoms with Crippen LogP contribution in [0.1, 0.15) is 22.5 Å². The standard InChI is InChI=1S/C21H18Cl3N3O/c1-13-9-16(14(2)27(13)20-11-18(23)7-8-19(20)24)12-25-26-21(28)10-15-3-5-17(22)6-4-15/h3-9,11-12H,10H2,1-2H3,(H,26,28)/b25-12-. The van der Waals surface area contributed by atoms with E-state index in [0.29, 0.717) is 15.1 Å². The van der Waals surface area contributed by atoms with E-state index in [4.69, 9.17) is 34.8 Å². The molecular weight excluding hydrogens is 417 g/mol. The van der Waals surface area contributed by atoms with Crippen molar-refractivity contribution in [2.24, 2.45) is 5.10 Å². The zero-order chi connectivity index (χ0) is 20.3. The largest absolute Gasteiger partial charge is 0.316 e. The molecule has 1 heterocycles. The number of hydrazone groups is 1. The first kappa shape index (κ1) is 20.5. The van der Waals surface area contributed by atoms with E-state index in [1.165, 1.54) is 0 Å². The van der Waals surface area contributed by atoms with Crippen molar-refractivity contribution in [2.45, 2.75) is 20.3 Å². The van der Waals surface area contributed by atoms with Gasteiger partial charge in [-0.25, -0.2) is 5.43 Å². The van der Waals surface area contributed by atoms with E-state index in [2.05, 4.69) is 10.5 Å². The fraction of sp³-hybridized carbons (Fsp3) is 0.143. The lowest BCUT2D eigenvalue weighted by molar-refractivity contribution is -0.120. The fourth-order valence-corrected chi connectivity index (χ4v) is 3.44. The Balaban J connectivity index is 1.73. The first-order valence-electron chi connectivity index (χ1n) is 8.56. The van der Waals surface area contributed by atoms with Crippen LogP contribution in [0.4, 0.5) is 0 Å². The van der Waals surface area contributed by atoms with Gasteiger partial charge in [0.15, 0.2) is 0 Å². The van der Waals surface area contributed by atoms with Crippen molar-refractivity contribution in [3.05, 3.63) is 86.1 Å². The number of amides is 1. The molecule has 2 aromatic carbocycles. The molecule has 144 valence electrons. The highest BCUT2D eigenvalue weighted by Gasteiger charge is 2.12. The molecule has 0 atom stereocenters. The molecule has 28 heavy (non-hydrogen) atoms. The third-order valence-corrected chi connectivity index (χ3v) is 5.10. The van der Waals surface area contributed by atoms with Crippen molar-refractivity contribution in [1.29, 1.82) is 0 Å². The number of aryl methyl sites for hydroxylation is 1. The van der Waals surface area contributed by atoms with Gasteiger partial charge in [-0.05, 0) is 55.8 Å². The van der Waals surface area contributed by atoms with Gasteiger partial charge in [0.1, 0.15) is 0 Å². The maximum atomic E-state index is 12.1. The van der Waals surface area contributed by atoms with Crippen molar-refractivity contribution in [1.82, 2.24) is 9.99 Å². The van der Waals surface area contributed by atoms with Crippen LogP contribution in [-0.2, 0) is 11.2 Å². The number of carbonyl (C=O) groups is 1. The number of aromatic nitrogens is 1. The van der Waals surface area contributed by atoms with E-state index in [-0.39, 0.29) is 12.3 Å². The summed E-state index contributed by atoms with van der Waals surface area (Å²) in [5, 5.41) is 5.93. The summed E-state index contributed by atoms with van der Waals surface area (Å²) < 4.78 is 2.01. The van der Waals surface area contributed by atoms with Gasteiger partial charge in [-0.2, -0.15) is 5.10 Å². The number of nitrogens with one attached hydrogen (secondary N) is 1. The molecule has 7 heteroatoms. The minimum absolute atomic E-state index is 0.203. The first-order valence-corrected chi connectivity index (χ1v) is 9.69. The summed E-state index contributed by atoms with van der Waals surface area (Å²) in [6.07, 6.45) is 1.85. The molecule has 0 fully saturated rings. The Morgan fingerprint density at radius 1 is 1.04 bits per heavy atom. The molecule has 3 rings (SSSR count). The van der Waals surface area contributed by atoms with Gasteiger partial charge >= 0.3 is 0 Å². The predicted molar refractivity (Wildman–Crippen MR) is 116 cm³/mol. The molecule has 1 amide bonds. The smallest absolute Gasteiger partial charge is 0.244 e. The van der Waals surface area contributed by atoms with Crippen molar-refractivity contribution in [3.8, 4) is 5.69 Å². The van der Waals surface area contributed by atoms with Crippen LogP contribution >= 0.6 is 34.8 Å². The van der Waals surface area contributed by atoms with Gasteiger partial charge in [0.25, 0.3) is 0 Å². The fourth-order valence-electron chi connectivity index (χ4n) is 2.95. The van der Waals surface area contributed by atoms with E-state index in [1.54, 1.807) is 30.5 Å². The lowest BCUT2D eigenvalue weighted by Crippen LogP contribution is -2.19. The number of carbonyl (C=O) groups excluding carboxylic acids is 1. The van der Waals surface area contributed by atoms with Crippen LogP contribution in [-0.4, -0.2) is 16.7 Å². The van der Waals surface area contributed by atoms with Gasteiger partial charge in [0, 0.05) is 27.0 Å². The molecule has 3 aromatic rings. The van der Waals surface area contributed by atoms with Gasteiger partial charge < -0.3 is 4.57 Å². The predicted octanol–water partition coefficient (Wildman–Crippen LogP) is 5.75. The van der Waals surface area contributed by atoms with Gasteiger partial charge in [0.2, 0.25) is 5.91 Å². The molecule has 4 nitrogen and oxygen atoms in total. The lowest BCUT2D eigenvalue weighted by Gasteiger charge is -2.12. The number of nitrogens with zero attached hydrogens (tertiary/aromatic N) is 2. The average Bonchev–Trinajstić information content (AvgIpc) is 2.93. The van der Waals surface area contributed by atoms with Crippen LogP contribution < -0.4 is 5.43 Å². The minimum Gasteiger partial charge on any atom is -0.316 e. The maximum Gasteiger partial charge on any atom is 0.244 e. The van der Waals surface area contributed by atoms with Gasteiger partial charge in [0.05, 0.1) is 23.3 Å². The van der Waals surface area contributed by atoms with E-state index >= 15 is 0 Å². The third-order valence-electron chi connectivity index (χ3n) is 4.29. The van der Waals surface area contributed by atoms with Gasteiger partial charge in [-0.1, -0.05) is 46.9 Å². The molecule has 0 spiro atoms. The maximum absolute atomic E-state index is 12.1. The van der Waals surface area contributed by atoms with Crippen LogP contribution in [0.15, 0.2) is 53.6 Å². The Morgan fingerprint density at radius 2 is 1.71 bits per heavy atom. The highest BCUT2D eigenvalue weighted by Crippen LogP contribution is 2.28. The van der Waals surface area contributed by atoms with Crippen molar-refractivity contribution < 1.29 is 4.79 Å². The van der Waals surface area contributed by atoms with Crippen LogP contribution in [0.5, 0.6) is 0 Å². The monoisotopic (exact) mass is 433 g/mol. The Hall–Kier alpha value is -2.27. The van der Waals surface area contributed by atoms with Crippen LogP contribution in [0.25, 0.3) is 5.69 Å². The topological polar surface area (TPSA) is 46.4 Å². The van der Waals surface area contributed by atoms with E-state index in [1.807, 2.05) is 42.7 Å². The molecular formula is C21H18Cl3N3O. The summed E-state index contributed by atoms with van der Waals surface area (Å²) in [5.74, 6) is -0.203. The van der Waals surface area contributed by atoms with Crippen molar-refractivity contribution in [2.75, 3.05) is 0 Å². The molecule has 0 aliphatic carbocycles. The summed E-state index contributed by atoms with van der Waals surface area (Å²) in [4.78, 5) is 12.1. The van der Waals surface area contributed by atoms with E-state index in [9.17, 15) is 4.79 Å². The van der Waals surface area contributed by atoms with Crippen LogP contribution in [0.2, 0.25) is 15.1 Å². The summed E-state index contributed by atoms with van der Waals surface area (Å²) in [5.41, 5.74) is 7.02. The van der Waals surface area contributed by atoms with Gasteiger partial charge in [-0.3, -0.25) is 4.79 Å². The normalized spacial score (nSPS) is 11.2. The number of hydrogen-bond donors (Lipinski definition) is 1. The Morgan fingerprint density at radius 3 is 2.43 bits per heavy atom. The Kier molecular flexibility index (Phi) is 6.45. The summed E-state index contributed by atoms with van der Waals surface area (Å²) >= 11 is 18.3. The second-order valence-corrected chi connectivity index (χ2v) is 7.63. The Bertz CT molecular complexity index is 1040. The molecule has 0 aliphatic heterocycles. The molecule has 0 radical (unpaired) electrons. The lowest BCUT2D eigenvalue weighted by atomic mass is 10.1. The SMILES string of the molecule is Cc1cc(/C=N\NC(=O)Cc2ccc(Cl)cc2)c(C)n1-c1cc(Cl)ccc1Cl. The molecule has 0 aliphatic rings. The molecule has 1 aromatic heterocycles. The third kappa shape index (κ3) is 4.76. The van der Waals surface area contributed by atoms with Gasteiger partial charge in [-0.15, -0.1) is 0 Å². The molecule has 0 unspecified atom stereocenters.